The number of nitriles is 1. The van der Waals surface area contributed by atoms with Crippen molar-refractivity contribution in [1.82, 2.24) is 0 Å². The van der Waals surface area contributed by atoms with E-state index in [0.29, 0.717) is 10.0 Å². The molecule has 1 unspecified atom stereocenters. The summed E-state index contributed by atoms with van der Waals surface area (Å²) in [7, 11) is 0. The SMILES string of the molecule is CC(C)C(CC(=O)O)Nc1ccc(C#N)c(Br)c1. The first kappa shape index (κ1) is 14.5. The van der Waals surface area contributed by atoms with E-state index in [0.717, 1.165) is 5.69 Å². The molecule has 1 aromatic carbocycles. The van der Waals surface area contributed by atoms with Crippen LogP contribution in [0.2, 0.25) is 0 Å². The molecule has 5 heteroatoms. The lowest BCUT2D eigenvalue weighted by Gasteiger charge is -2.22. The van der Waals surface area contributed by atoms with Crippen LogP contribution in [-0.2, 0) is 4.79 Å². The first-order valence-corrected chi connectivity index (χ1v) is 6.41. The summed E-state index contributed by atoms with van der Waals surface area (Å²) < 4.78 is 0.702. The van der Waals surface area contributed by atoms with Crippen molar-refractivity contribution in [2.24, 2.45) is 5.92 Å². The van der Waals surface area contributed by atoms with Gasteiger partial charge in [0, 0.05) is 16.2 Å². The van der Waals surface area contributed by atoms with E-state index in [1.165, 1.54) is 0 Å². The number of hydrogen-bond acceptors (Lipinski definition) is 3. The molecule has 0 fully saturated rings. The number of nitrogens with zero attached hydrogens (tertiary/aromatic N) is 1. The number of benzene rings is 1. The van der Waals surface area contributed by atoms with Crippen LogP contribution in [0, 0.1) is 17.2 Å². The minimum absolute atomic E-state index is 0.0648. The third-order valence-corrected chi connectivity index (χ3v) is 3.30. The quantitative estimate of drug-likeness (QED) is 0.875. The third-order valence-electron chi connectivity index (χ3n) is 2.64. The Hall–Kier alpha value is -1.54. The van der Waals surface area contributed by atoms with Gasteiger partial charge in [-0.1, -0.05) is 13.8 Å². The topological polar surface area (TPSA) is 73.1 Å². The zero-order valence-electron chi connectivity index (χ0n) is 10.3. The maximum absolute atomic E-state index is 10.8. The van der Waals surface area contributed by atoms with Crippen molar-refractivity contribution < 1.29 is 9.90 Å². The zero-order valence-corrected chi connectivity index (χ0v) is 11.9. The summed E-state index contributed by atoms with van der Waals surface area (Å²) in [5, 5.41) is 20.9. The van der Waals surface area contributed by atoms with Gasteiger partial charge < -0.3 is 10.4 Å². The molecule has 18 heavy (non-hydrogen) atoms. The van der Waals surface area contributed by atoms with E-state index < -0.39 is 5.97 Å². The van der Waals surface area contributed by atoms with Crippen LogP contribution < -0.4 is 5.32 Å². The molecule has 0 saturated heterocycles. The van der Waals surface area contributed by atoms with Gasteiger partial charge in [-0.3, -0.25) is 4.79 Å². The van der Waals surface area contributed by atoms with Gasteiger partial charge in [-0.15, -0.1) is 0 Å². The fourth-order valence-electron chi connectivity index (χ4n) is 1.55. The van der Waals surface area contributed by atoms with Crippen LogP contribution >= 0.6 is 15.9 Å². The van der Waals surface area contributed by atoms with Crippen molar-refractivity contribution >= 4 is 27.6 Å². The predicted molar refractivity (Wildman–Crippen MR) is 73.4 cm³/mol. The fourth-order valence-corrected chi connectivity index (χ4v) is 2.02. The van der Waals surface area contributed by atoms with Crippen molar-refractivity contribution in [3.63, 3.8) is 0 Å². The molecule has 0 aliphatic carbocycles. The van der Waals surface area contributed by atoms with E-state index in [1.54, 1.807) is 18.2 Å². The number of nitrogens with one attached hydrogen (secondary N) is 1. The van der Waals surface area contributed by atoms with Crippen LogP contribution in [0.1, 0.15) is 25.8 Å². The molecule has 4 nitrogen and oxygen atoms in total. The lowest BCUT2D eigenvalue weighted by molar-refractivity contribution is -0.137. The molecule has 0 saturated carbocycles. The van der Waals surface area contributed by atoms with Crippen molar-refractivity contribution in [3.8, 4) is 6.07 Å². The Bertz CT molecular complexity index is 480. The highest BCUT2D eigenvalue weighted by Crippen LogP contribution is 2.23. The Morgan fingerprint density at radius 1 is 1.56 bits per heavy atom. The second-order valence-corrected chi connectivity index (χ2v) is 5.25. The van der Waals surface area contributed by atoms with Gasteiger partial charge in [-0.05, 0) is 40.0 Å². The number of carbonyl (C=O) groups is 1. The molecule has 1 rings (SSSR count). The molecule has 0 radical (unpaired) electrons. The van der Waals surface area contributed by atoms with Gasteiger partial charge in [0.05, 0.1) is 12.0 Å². The lowest BCUT2D eigenvalue weighted by Crippen LogP contribution is -2.28. The van der Waals surface area contributed by atoms with Crippen LogP contribution in [0.4, 0.5) is 5.69 Å². The number of hydrogen-bond donors (Lipinski definition) is 2. The average Bonchev–Trinajstić information content (AvgIpc) is 2.27. The van der Waals surface area contributed by atoms with Crippen LogP contribution in [0.3, 0.4) is 0 Å². The third kappa shape index (κ3) is 4.04. The van der Waals surface area contributed by atoms with Crippen molar-refractivity contribution in [3.05, 3.63) is 28.2 Å². The molecule has 1 atom stereocenters. The minimum atomic E-state index is -0.825. The lowest BCUT2D eigenvalue weighted by atomic mass is 10.0. The largest absolute Gasteiger partial charge is 0.481 e. The van der Waals surface area contributed by atoms with E-state index in [1.807, 2.05) is 13.8 Å². The standard InChI is InChI=1S/C13H15BrN2O2/c1-8(2)12(6-13(17)18)16-10-4-3-9(7-15)11(14)5-10/h3-5,8,12,16H,6H2,1-2H3,(H,17,18). The molecule has 0 aromatic heterocycles. The Morgan fingerprint density at radius 2 is 2.22 bits per heavy atom. The van der Waals surface area contributed by atoms with Crippen molar-refractivity contribution in [1.29, 1.82) is 5.26 Å². The Labute approximate surface area is 115 Å². The Balaban J connectivity index is 2.85. The normalized spacial score (nSPS) is 11.9. The summed E-state index contributed by atoms with van der Waals surface area (Å²) in [5.41, 5.74) is 1.36. The maximum atomic E-state index is 10.8. The molecular weight excluding hydrogens is 296 g/mol. The molecule has 0 heterocycles. The van der Waals surface area contributed by atoms with Gasteiger partial charge in [0.15, 0.2) is 0 Å². The van der Waals surface area contributed by atoms with Crippen LogP contribution in [0.15, 0.2) is 22.7 Å². The van der Waals surface area contributed by atoms with E-state index in [-0.39, 0.29) is 18.4 Å². The van der Waals surface area contributed by atoms with Crippen LogP contribution in [-0.4, -0.2) is 17.1 Å². The highest BCUT2D eigenvalue weighted by Gasteiger charge is 2.17. The monoisotopic (exact) mass is 310 g/mol. The molecule has 0 aliphatic heterocycles. The number of rotatable bonds is 5. The molecular formula is C13H15BrN2O2. The maximum Gasteiger partial charge on any atom is 0.305 e. The number of aliphatic carboxylic acids is 1. The average molecular weight is 311 g/mol. The second-order valence-electron chi connectivity index (χ2n) is 4.40. The van der Waals surface area contributed by atoms with E-state index in [9.17, 15) is 4.79 Å². The van der Waals surface area contributed by atoms with Crippen LogP contribution in [0.25, 0.3) is 0 Å². The van der Waals surface area contributed by atoms with Gasteiger partial charge in [0.2, 0.25) is 0 Å². The summed E-state index contributed by atoms with van der Waals surface area (Å²) in [6.07, 6.45) is 0.0648. The van der Waals surface area contributed by atoms with Gasteiger partial charge in [0.1, 0.15) is 6.07 Å². The molecule has 0 spiro atoms. The summed E-state index contributed by atoms with van der Waals surface area (Å²) in [5.74, 6) is -0.621. The predicted octanol–water partition coefficient (Wildman–Crippen LogP) is 3.23. The molecule has 0 aliphatic rings. The molecule has 2 N–H and O–H groups in total. The molecule has 0 amide bonds. The summed E-state index contributed by atoms with van der Waals surface area (Å²) >= 11 is 3.31. The smallest absolute Gasteiger partial charge is 0.305 e. The van der Waals surface area contributed by atoms with E-state index >= 15 is 0 Å². The van der Waals surface area contributed by atoms with Crippen LogP contribution in [0.5, 0.6) is 0 Å². The first-order valence-electron chi connectivity index (χ1n) is 5.62. The Morgan fingerprint density at radius 3 is 2.67 bits per heavy atom. The minimum Gasteiger partial charge on any atom is -0.481 e. The van der Waals surface area contributed by atoms with E-state index in [4.69, 9.17) is 10.4 Å². The van der Waals surface area contributed by atoms with Crippen molar-refractivity contribution in [2.45, 2.75) is 26.3 Å². The highest BCUT2D eigenvalue weighted by atomic mass is 79.9. The van der Waals surface area contributed by atoms with Gasteiger partial charge in [-0.2, -0.15) is 5.26 Å². The fraction of sp³-hybridized carbons (Fsp3) is 0.385. The molecule has 0 bridgehead atoms. The zero-order chi connectivity index (χ0) is 13.7. The molecule has 1 aromatic rings. The summed E-state index contributed by atoms with van der Waals surface area (Å²) in [4.78, 5) is 10.8. The Kier molecular flexibility index (Phi) is 5.17. The van der Waals surface area contributed by atoms with Gasteiger partial charge >= 0.3 is 5.97 Å². The summed E-state index contributed by atoms with van der Waals surface area (Å²) in [6, 6.07) is 7.19. The second kappa shape index (κ2) is 6.41. The summed E-state index contributed by atoms with van der Waals surface area (Å²) in [6.45, 7) is 3.94. The van der Waals surface area contributed by atoms with Crippen molar-refractivity contribution in [2.75, 3.05) is 5.32 Å². The number of carboxylic acid groups (broad SMARTS) is 1. The molecule has 96 valence electrons. The van der Waals surface area contributed by atoms with Gasteiger partial charge in [-0.25, -0.2) is 0 Å². The first-order chi connectivity index (χ1) is 8.43. The van der Waals surface area contributed by atoms with Gasteiger partial charge in [0.25, 0.3) is 0 Å². The highest BCUT2D eigenvalue weighted by molar-refractivity contribution is 9.10. The van der Waals surface area contributed by atoms with E-state index in [2.05, 4.69) is 27.3 Å². The number of halogens is 1. The number of anilines is 1. The number of carboxylic acids is 1.